The maximum Gasteiger partial charge on any atom is 0.225 e. The zero-order valence-corrected chi connectivity index (χ0v) is 11.4. The van der Waals surface area contributed by atoms with E-state index in [4.69, 9.17) is 0 Å². The molecule has 2 atom stereocenters. The van der Waals surface area contributed by atoms with Crippen molar-refractivity contribution in [1.82, 2.24) is 9.97 Å². The topological polar surface area (TPSA) is 29.0 Å². The SMILES string of the molecule is Cc1ccnc(N(C)C2CCCCC2Br)n1. The summed E-state index contributed by atoms with van der Waals surface area (Å²) in [5.74, 6) is 0.844. The van der Waals surface area contributed by atoms with Gasteiger partial charge >= 0.3 is 0 Å². The lowest BCUT2D eigenvalue weighted by atomic mass is 9.94. The molecule has 16 heavy (non-hydrogen) atoms. The normalized spacial score (nSPS) is 25.4. The van der Waals surface area contributed by atoms with E-state index in [1.54, 1.807) is 0 Å². The van der Waals surface area contributed by atoms with Crippen molar-refractivity contribution in [3.05, 3.63) is 18.0 Å². The van der Waals surface area contributed by atoms with Crippen LogP contribution in [0.3, 0.4) is 0 Å². The van der Waals surface area contributed by atoms with Crippen LogP contribution >= 0.6 is 15.9 Å². The second kappa shape index (κ2) is 5.13. The molecule has 1 aromatic heterocycles. The molecule has 0 amide bonds. The van der Waals surface area contributed by atoms with Crippen LogP contribution in [0, 0.1) is 6.92 Å². The molecule has 2 rings (SSSR count). The van der Waals surface area contributed by atoms with Gasteiger partial charge in [-0.25, -0.2) is 9.97 Å². The van der Waals surface area contributed by atoms with Gasteiger partial charge in [-0.15, -0.1) is 0 Å². The first-order chi connectivity index (χ1) is 7.68. The van der Waals surface area contributed by atoms with Crippen molar-refractivity contribution in [1.29, 1.82) is 0 Å². The first kappa shape index (κ1) is 11.8. The van der Waals surface area contributed by atoms with Crippen molar-refractivity contribution in [3.8, 4) is 0 Å². The molecule has 0 radical (unpaired) electrons. The summed E-state index contributed by atoms with van der Waals surface area (Å²) in [6.07, 6.45) is 6.95. The summed E-state index contributed by atoms with van der Waals surface area (Å²) in [4.78, 5) is 11.6. The second-order valence-electron chi connectivity index (χ2n) is 4.48. The van der Waals surface area contributed by atoms with Crippen LogP contribution in [0.5, 0.6) is 0 Å². The number of alkyl halides is 1. The standard InChI is InChI=1S/C12H18BrN3/c1-9-7-8-14-12(15-9)16(2)11-6-4-3-5-10(11)13/h7-8,10-11H,3-6H2,1-2H3. The van der Waals surface area contributed by atoms with Crippen LogP contribution in [0.2, 0.25) is 0 Å². The second-order valence-corrected chi connectivity index (χ2v) is 5.65. The third-order valence-electron chi connectivity index (χ3n) is 3.24. The van der Waals surface area contributed by atoms with E-state index in [2.05, 4.69) is 37.8 Å². The van der Waals surface area contributed by atoms with E-state index in [1.165, 1.54) is 25.7 Å². The van der Waals surface area contributed by atoms with Gasteiger partial charge < -0.3 is 4.90 Å². The van der Waals surface area contributed by atoms with Gasteiger partial charge in [-0.1, -0.05) is 28.8 Å². The highest BCUT2D eigenvalue weighted by Gasteiger charge is 2.27. The summed E-state index contributed by atoms with van der Waals surface area (Å²) < 4.78 is 0. The highest BCUT2D eigenvalue weighted by Crippen LogP contribution is 2.29. The third-order valence-corrected chi connectivity index (χ3v) is 4.31. The van der Waals surface area contributed by atoms with Crippen LogP contribution in [-0.4, -0.2) is 27.9 Å². The molecule has 1 aliphatic rings. The Morgan fingerprint density at radius 3 is 2.81 bits per heavy atom. The average molecular weight is 284 g/mol. The molecule has 0 bridgehead atoms. The van der Waals surface area contributed by atoms with Gasteiger partial charge in [-0.2, -0.15) is 0 Å². The van der Waals surface area contributed by atoms with Gasteiger partial charge in [0.25, 0.3) is 0 Å². The predicted octanol–water partition coefficient (Wildman–Crippen LogP) is 2.93. The van der Waals surface area contributed by atoms with Crippen molar-refractivity contribution < 1.29 is 0 Å². The van der Waals surface area contributed by atoms with Gasteiger partial charge in [0.2, 0.25) is 5.95 Å². The lowest BCUT2D eigenvalue weighted by Gasteiger charge is -2.35. The lowest BCUT2D eigenvalue weighted by molar-refractivity contribution is 0.440. The molecule has 0 saturated heterocycles. The molecule has 0 aliphatic heterocycles. The number of nitrogens with zero attached hydrogens (tertiary/aromatic N) is 3. The van der Waals surface area contributed by atoms with Crippen molar-refractivity contribution in [2.75, 3.05) is 11.9 Å². The summed E-state index contributed by atoms with van der Waals surface area (Å²) in [5.41, 5.74) is 1.03. The van der Waals surface area contributed by atoms with E-state index in [-0.39, 0.29) is 0 Å². The van der Waals surface area contributed by atoms with E-state index in [0.29, 0.717) is 10.9 Å². The fourth-order valence-electron chi connectivity index (χ4n) is 2.26. The van der Waals surface area contributed by atoms with Crippen LogP contribution in [-0.2, 0) is 0 Å². The number of aromatic nitrogens is 2. The van der Waals surface area contributed by atoms with Crippen molar-refractivity contribution in [3.63, 3.8) is 0 Å². The molecule has 2 unspecified atom stereocenters. The Kier molecular flexibility index (Phi) is 3.79. The summed E-state index contributed by atoms with van der Waals surface area (Å²) >= 11 is 3.77. The van der Waals surface area contributed by atoms with Gasteiger partial charge in [-0.3, -0.25) is 0 Å². The third kappa shape index (κ3) is 2.54. The Balaban J connectivity index is 2.14. The number of hydrogen-bond acceptors (Lipinski definition) is 3. The maximum absolute atomic E-state index is 4.48. The van der Waals surface area contributed by atoms with Gasteiger partial charge in [0.05, 0.1) is 0 Å². The molecule has 1 aromatic rings. The molecule has 88 valence electrons. The molecule has 4 heteroatoms. The van der Waals surface area contributed by atoms with E-state index >= 15 is 0 Å². The number of aryl methyl sites for hydroxylation is 1. The molecule has 1 saturated carbocycles. The average Bonchev–Trinajstić information content (AvgIpc) is 2.29. The zero-order chi connectivity index (χ0) is 11.5. The molecule has 3 nitrogen and oxygen atoms in total. The largest absolute Gasteiger partial charge is 0.340 e. The fourth-order valence-corrected chi connectivity index (χ4v) is 3.20. The van der Waals surface area contributed by atoms with E-state index in [0.717, 1.165) is 11.6 Å². The summed E-state index contributed by atoms with van der Waals surface area (Å²) in [5, 5.41) is 0. The first-order valence-corrected chi connectivity index (χ1v) is 6.76. The van der Waals surface area contributed by atoms with Crippen LogP contribution in [0.4, 0.5) is 5.95 Å². The molecular formula is C12H18BrN3. The van der Waals surface area contributed by atoms with Crippen molar-refractivity contribution >= 4 is 21.9 Å². The van der Waals surface area contributed by atoms with Crippen LogP contribution in [0.15, 0.2) is 12.3 Å². The van der Waals surface area contributed by atoms with Crippen LogP contribution in [0.25, 0.3) is 0 Å². The number of rotatable bonds is 2. The number of hydrogen-bond donors (Lipinski definition) is 0. The quantitative estimate of drug-likeness (QED) is 0.782. The van der Waals surface area contributed by atoms with Gasteiger partial charge in [-0.05, 0) is 25.8 Å². The Bertz CT molecular complexity index is 356. The Morgan fingerprint density at radius 1 is 1.38 bits per heavy atom. The van der Waals surface area contributed by atoms with Crippen LogP contribution < -0.4 is 4.90 Å². The monoisotopic (exact) mass is 283 g/mol. The molecule has 0 aromatic carbocycles. The Labute approximate surface area is 105 Å². The summed E-state index contributed by atoms with van der Waals surface area (Å²) in [6.45, 7) is 2.01. The minimum atomic E-state index is 0.524. The number of halogens is 1. The van der Waals surface area contributed by atoms with E-state index in [9.17, 15) is 0 Å². The fraction of sp³-hybridized carbons (Fsp3) is 0.667. The molecule has 1 heterocycles. The predicted molar refractivity (Wildman–Crippen MR) is 70.1 cm³/mol. The van der Waals surface area contributed by atoms with Gasteiger partial charge in [0.15, 0.2) is 0 Å². The lowest BCUT2D eigenvalue weighted by Crippen LogP contribution is -2.41. The zero-order valence-electron chi connectivity index (χ0n) is 9.86. The summed E-state index contributed by atoms with van der Waals surface area (Å²) in [6, 6.07) is 2.46. The molecule has 0 N–H and O–H groups in total. The van der Waals surface area contributed by atoms with Crippen molar-refractivity contribution in [2.45, 2.75) is 43.5 Å². The summed E-state index contributed by atoms with van der Waals surface area (Å²) in [7, 11) is 2.10. The minimum Gasteiger partial charge on any atom is -0.340 e. The highest BCUT2D eigenvalue weighted by atomic mass is 79.9. The molecular weight excluding hydrogens is 266 g/mol. The smallest absolute Gasteiger partial charge is 0.225 e. The molecule has 1 aliphatic carbocycles. The van der Waals surface area contributed by atoms with Gasteiger partial charge in [0.1, 0.15) is 0 Å². The van der Waals surface area contributed by atoms with E-state index in [1.807, 2.05) is 19.2 Å². The number of anilines is 1. The molecule has 0 spiro atoms. The minimum absolute atomic E-state index is 0.524. The van der Waals surface area contributed by atoms with E-state index < -0.39 is 0 Å². The van der Waals surface area contributed by atoms with Crippen LogP contribution in [0.1, 0.15) is 31.4 Å². The Morgan fingerprint density at radius 2 is 2.12 bits per heavy atom. The Hall–Kier alpha value is -0.640. The van der Waals surface area contributed by atoms with Gasteiger partial charge in [0, 0.05) is 29.8 Å². The molecule has 1 fully saturated rings. The maximum atomic E-state index is 4.48. The highest BCUT2D eigenvalue weighted by molar-refractivity contribution is 9.09. The van der Waals surface area contributed by atoms with Crippen molar-refractivity contribution in [2.24, 2.45) is 0 Å². The first-order valence-electron chi connectivity index (χ1n) is 5.85.